The standard InChI is InChI=1S/C22H27N3OS/c1-13-5-7-17(8-6-13)19-16(4)27-22-20(19)21(26)23-18(24-22)12-25-10-14(2)9-15(3)11-25/h5-8,14-15H,9-12H2,1-4H3,(H,23,24,26)/p+1/t14-,15+. The van der Waals surface area contributed by atoms with Crippen LogP contribution in [0.4, 0.5) is 0 Å². The van der Waals surface area contributed by atoms with Crippen LogP contribution in [0.15, 0.2) is 29.1 Å². The summed E-state index contributed by atoms with van der Waals surface area (Å²) >= 11 is 1.63. The van der Waals surface area contributed by atoms with E-state index in [1.54, 1.807) is 11.3 Å². The van der Waals surface area contributed by atoms with Gasteiger partial charge in [-0.05, 0) is 25.8 Å². The first-order valence-corrected chi connectivity index (χ1v) is 10.6. The van der Waals surface area contributed by atoms with E-state index in [1.165, 1.54) is 16.9 Å². The fourth-order valence-corrected chi connectivity index (χ4v) is 5.68. The van der Waals surface area contributed by atoms with Crippen LogP contribution in [0.3, 0.4) is 0 Å². The lowest BCUT2D eigenvalue weighted by atomic mass is 9.92. The molecule has 0 radical (unpaired) electrons. The quantitative estimate of drug-likeness (QED) is 0.730. The van der Waals surface area contributed by atoms with Gasteiger partial charge in [-0.15, -0.1) is 11.3 Å². The van der Waals surface area contributed by atoms with Crippen molar-refractivity contribution in [3.05, 3.63) is 50.9 Å². The van der Waals surface area contributed by atoms with Gasteiger partial charge in [0.1, 0.15) is 11.4 Å². The summed E-state index contributed by atoms with van der Waals surface area (Å²) in [6.45, 7) is 11.9. The molecule has 2 aromatic heterocycles. The number of thiophene rings is 1. The van der Waals surface area contributed by atoms with Gasteiger partial charge in [-0.2, -0.15) is 0 Å². The van der Waals surface area contributed by atoms with Gasteiger partial charge in [-0.3, -0.25) is 4.79 Å². The van der Waals surface area contributed by atoms with E-state index in [0.29, 0.717) is 0 Å². The first kappa shape index (κ1) is 18.4. The number of aromatic nitrogens is 2. The number of nitrogens with zero attached hydrogens (tertiary/aromatic N) is 1. The summed E-state index contributed by atoms with van der Waals surface area (Å²) in [5.74, 6) is 2.29. The van der Waals surface area contributed by atoms with Crippen molar-refractivity contribution in [1.82, 2.24) is 9.97 Å². The van der Waals surface area contributed by atoms with E-state index in [9.17, 15) is 4.79 Å². The number of quaternary nitrogens is 1. The summed E-state index contributed by atoms with van der Waals surface area (Å²) in [5.41, 5.74) is 3.34. The molecule has 4 rings (SSSR count). The molecule has 27 heavy (non-hydrogen) atoms. The third-order valence-corrected chi connectivity index (χ3v) is 6.62. The molecule has 4 nitrogen and oxygen atoms in total. The lowest BCUT2D eigenvalue weighted by Gasteiger charge is -2.31. The molecule has 1 saturated heterocycles. The highest BCUT2D eigenvalue weighted by atomic mass is 32.1. The van der Waals surface area contributed by atoms with Crippen molar-refractivity contribution in [2.24, 2.45) is 11.8 Å². The van der Waals surface area contributed by atoms with Gasteiger partial charge in [-0.1, -0.05) is 43.7 Å². The van der Waals surface area contributed by atoms with Crippen molar-refractivity contribution >= 4 is 21.6 Å². The Morgan fingerprint density at radius 1 is 1.15 bits per heavy atom. The summed E-state index contributed by atoms with van der Waals surface area (Å²) in [6, 6.07) is 8.38. The summed E-state index contributed by atoms with van der Waals surface area (Å²) in [4.78, 5) is 24.4. The molecule has 0 bridgehead atoms. The van der Waals surface area contributed by atoms with Crippen molar-refractivity contribution in [2.45, 2.75) is 40.7 Å². The number of likely N-dealkylation sites (tertiary alicyclic amines) is 1. The number of benzene rings is 1. The Kier molecular flexibility index (Phi) is 4.91. The molecule has 0 aliphatic carbocycles. The summed E-state index contributed by atoms with van der Waals surface area (Å²) < 4.78 is 0. The van der Waals surface area contributed by atoms with Gasteiger partial charge < -0.3 is 9.88 Å². The highest BCUT2D eigenvalue weighted by molar-refractivity contribution is 7.19. The maximum absolute atomic E-state index is 12.9. The number of aromatic amines is 1. The van der Waals surface area contributed by atoms with Gasteiger partial charge >= 0.3 is 0 Å². The molecular weight excluding hydrogens is 354 g/mol. The van der Waals surface area contributed by atoms with Gasteiger partial charge in [0.05, 0.1) is 18.5 Å². The second-order valence-electron chi connectivity index (χ2n) is 8.37. The van der Waals surface area contributed by atoms with Crippen LogP contribution in [0.1, 0.15) is 36.5 Å². The van der Waals surface area contributed by atoms with Crippen LogP contribution < -0.4 is 10.5 Å². The minimum atomic E-state index is -0.00701. The predicted octanol–water partition coefficient (Wildman–Crippen LogP) is 3.33. The molecule has 0 saturated carbocycles. The minimum Gasteiger partial charge on any atom is -0.328 e. The zero-order valence-electron chi connectivity index (χ0n) is 16.6. The number of piperidine rings is 1. The monoisotopic (exact) mass is 382 g/mol. The third-order valence-electron chi connectivity index (χ3n) is 5.62. The van der Waals surface area contributed by atoms with Gasteiger partial charge in [0.15, 0.2) is 5.82 Å². The Morgan fingerprint density at radius 3 is 2.48 bits per heavy atom. The molecule has 2 N–H and O–H groups in total. The van der Waals surface area contributed by atoms with E-state index >= 15 is 0 Å². The molecule has 1 aliphatic heterocycles. The fourth-order valence-electron chi connectivity index (χ4n) is 4.62. The maximum atomic E-state index is 12.9. The molecule has 0 spiro atoms. The fraction of sp³-hybridized carbons (Fsp3) is 0.455. The van der Waals surface area contributed by atoms with Crippen molar-refractivity contribution in [3.63, 3.8) is 0 Å². The summed E-state index contributed by atoms with van der Waals surface area (Å²) in [5, 5.41) is 0.737. The Morgan fingerprint density at radius 2 is 1.81 bits per heavy atom. The molecule has 142 valence electrons. The van der Waals surface area contributed by atoms with Crippen molar-refractivity contribution in [3.8, 4) is 11.1 Å². The molecule has 3 aromatic rings. The molecule has 1 unspecified atom stereocenters. The number of aryl methyl sites for hydroxylation is 2. The van der Waals surface area contributed by atoms with Crippen molar-refractivity contribution < 1.29 is 4.90 Å². The molecule has 1 aliphatic rings. The Balaban J connectivity index is 1.71. The first-order chi connectivity index (χ1) is 12.9. The van der Waals surface area contributed by atoms with Crippen LogP contribution >= 0.6 is 11.3 Å². The smallest absolute Gasteiger partial charge is 0.260 e. The maximum Gasteiger partial charge on any atom is 0.260 e. The second-order valence-corrected chi connectivity index (χ2v) is 9.58. The zero-order valence-corrected chi connectivity index (χ0v) is 17.4. The van der Waals surface area contributed by atoms with Crippen LogP contribution in [0, 0.1) is 25.7 Å². The molecule has 0 amide bonds. The number of hydrogen-bond donors (Lipinski definition) is 2. The SMILES string of the molecule is Cc1ccc(-c2c(C)sc3nc(C[NH+]4C[C@H](C)C[C@H](C)C4)[nH]c(=O)c23)cc1. The van der Waals surface area contributed by atoms with E-state index in [4.69, 9.17) is 4.98 Å². The number of nitrogens with one attached hydrogen (secondary N) is 2. The normalized spacial score (nSPS) is 23.0. The average Bonchev–Trinajstić information content (AvgIpc) is 2.91. The Bertz CT molecular complexity index is 1010. The van der Waals surface area contributed by atoms with Crippen LogP contribution in [0.25, 0.3) is 21.3 Å². The third kappa shape index (κ3) is 3.71. The van der Waals surface area contributed by atoms with E-state index in [-0.39, 0.29) is 5.56 Å². The van der Waals surface area contributed by atoms with Crippen LogP contribution in [0.5, 0.6) is 0 Å². The van der Waals surface area contributed by atoms with Crippen molar-refractivity contribution in [2.75, 3.05) is 13.1 Å². The second kappa shape index (κ2) is 7.21. The zero-order chi connectivity index (χ0) is 19.1. The lowest BCUT2D eigenvalue weighted by molar-refractivity contribution is -0.926. The summed E-state index contributed by atoms with van der Waals surface area (Å²) in [7, 11) is 0. The molecule has 3 heterocycles. The molecule has 1 fully saturated rings. The number of H-pyrrole nitrogens is 1. The molecule has 5 heteroatoms. The molecule has 3 atom stereocenters. The first-order valence-electron chi connectivity index (χ1n) is 9.83. The van der Waals surface area contributed by atoms with Gasteiger partial charge in [-0.25, -0.2) is 4.98 Å². The summed E-state index contributed by atoms with van der Waals surface area (Å²) in [6.07, 6.45) is 1.30. The lowest BCUT2D eigenvalue weighted by Crippen LogP contribution is -3.13. The Labute approximate surface area is 164 Å². The number of fused-ring (bicyclic) bond motifs is 1. The van der Waals surface area contributed by atoms with E-state index in [2.05, 4.69) is 56.9 Å². The highest BCUT2D eigenvalue weighted by Gasteiger charge is 2.26. The predicted molar refractivity (Wildman–Crippen MR) is 112 cm³/mol. The minimum absolute atomic E-state index is 0.00701. The van der Waals surface area contributed by atoms with E-state index in [0.717, 1.165) is 63.5 Å². The molecular formula is C22H28N3OS+. The van der Waals surface area contributed by atoms with Gasteiger partial charge in [0.25, 0.3) is 5.56 Å². The van der Waals surface area contributed by atoms with E-state index < -0.39 is 0 Å². The molecule has 1 aromatic carbocycles. The van der Waals surface area contributed by atoms with Gasteiger partial charge in [0.2, 0.25) is 0 Å². The van der Waals surface area contributed by atoms with Crippen LogP contribution in [-0.2, 0) is 6.54 Å². The highest BCUT2D eigenvalue weighted by Crippen LogP contribution is 2.35. The van der Waals surface area contributed by atoms with Crippen molar-refractivity contribution in [1.29, 1.82) is 0 Å². The van der Waals surface area contributed by atoms with Crippen LogP contribution in [-0.4, -0.2) is 23.1 Å². The van der Waals surface area contributed by atoms with Crippen LogP contribution in [0.2, 0.25) is 0 Å². The van der Waals surface area contributed by atoms with Gasteiger partial charge in [0, 0.05) is 22.3 Å². The Hall–Kier alpha value is -1.98. The number of hydrogen-bond acceptors (Lipinski definition) is 3. The average molecular weight is 383 g/mol. The number of rotatable bonds is 3. The van der Waals surface area contributed by atoms with E-state index in [1.807, 2.05) is 0 Å². The topological polar surface area (TPSA) is 50.2 Å². The largest absolute Gasteiger partial charge is 0.328 e.